The lowest BCUT2D eigenvalue weighted by Gasteiger charge is -2.08. The van der Waals surface area contributed by atoms with Gasteiger partial charge < -0.3 is 16.0 Å². The zero-order valence-electron chi connectivity index (χ0n) is 11.0. The molecule has 3 N–H and O–H groups in total. The van der Waals surface area contributed by atoms with Crippen LogP contribution in [0.2, 0.25) is 0 Å². The van der Waals surface area contributed by atoms with E-state index in [0.29, 0.717) is 13.1 Å². The summed E-state index contributed by atoms with van der Waals surface area (Å²) in [5.74, 6) is 0.241. The number of amides is 2. The second-order valence-electron chi connectivity index (χ2n) is 4.77. The predicted octanol–water partition coefficient (Wildman–Crippen LogP) is 0.871. The lowest BCUT2D eigenvalue weighted by Crippen LogP contribution is -2.31. The van der Waals surface area contributed by atoms with E-state index in [4.69, 9.17) is 0 Å². The van der Waals surface area contributed by atoms with Gasteiger partial charge in [-0.1, -0.05) is 12.1 Å². The number of carbonyl (C=O) groups excluding carboxylic acids is 2. The highest BCUT2D eigenvalue weighted by molar-refractivity contribution is 5.94. The molecule has 1 fully saturated rings. The highest BCUT2D eigenvalue weighted by atomic mass is 16.2. The molecule has 2 rings (SSSR count). The van der Waals surface area contributed by atoms with Crippen LogP contribution in [0.1, 0.15) is 18.4 Å². The largest absolute Gasteiger partial charge is 0.351 e. The molecule has 2 amide bonds. The molecule has 1 aromatic carbocycles. The van der Waals surface area contributed by atoms with Crippen molar-refractivity contribution >= 4 is 17.5 Å². The molecular weight excluding hydrogens is 242 g/mol. The van der Waals surface area contributed by atoms with Crippen molar-refractivity contribution in [3.8, 4) is 0 Å². The van der Waals surface area contributed by atoms with Crippen molar-refractivity contribution < 1.29 is 9.59 Å². The Morgan fingerprint density at radius 2 is 2.11 bits per heavy atom. The summed E-state index contributed by atoms with van der Waals surface area (Å²) >= 11 is 0. The fourth-order valence-corrected chi connectivity index (χ4v) is 1.77. The predicted molar refractivity (Wildman–Crippen MR) is 73.6 cm³/mol. The first-order valence-electron chi connectivity index (χ1n) is 6.50. The van der Waals surface area contributed by atoms with E-state index in [9.17, 15) is 9.59 Å². The van der Waals surface area contributed by atoms with E-state index < -0.39 is 0 Å². The van der Waals surface area contributed by atoms with Crippen LogP contribution >= 0.6 is 0 Å². The van der Waals surface area contributed by atoms with Gasteiger partial charge in [-0.15, -0.1) is 0 Å². The molecule has 19 heavy (non-hydrogen) atoms. The van der Waals surface area contributed by atoms with Crippen molar-refractivity contribution in [2.45, 2.75) is 19.4 Å². The molecule has 5 heteroatoms. The molecule has 1 aliphatic rings. The number of likely N-dealkylation sites (N-methyl/N-ethyl adjacent to an activating group) is 1. The van der Waals surface area contributed by atoms with Gasteiger partial charge in [0.15, 0.2) is 0 Å². The summed E-state index contributed by atoms with van der Waals surface area (Å²) in [6.07, 6.45) is 1.98. The van der Waals surface area contributed by atoms with Gasteiger partial charge in [-0.25, -0.2) is 0 Å². The van der Waals surface area contributed by atoms with Gasteiger partial charge in [0.25, 0.3) is 0 Å². The van der Waals surface area contributed by atoms with Crippen LogP contribution in [0.15, 0.2) is 24.3 Å². The summed E-state index contributed by atoms with van der Waals surface area (Å²) in [4.78, 5) is 23.0. The van der Waals surface area contributed by atoms with Crippen molar-refractivity contribution in [2.24, 2.45) is 5.92 Å². The van der Waals surface area contributed by atoms with Crippen LogP contribution in [0.4, 0.5) is 5.69 Å². The molecule has 0 bridgehead atoms. The van der Waals surface area contributed by atoms with Gasteiger partial charge in [0.2, 0.25) is 11.8 Å². The topological polar surface area (TPSA) is 70.2 Å². The molecular formula is C14H19N3O2. The zero-order chi connectivity index (χ0) is 13.7. The Morgan fingerprint density at radius 3 is 2.79 bits per heavy atom. The fraction of sp³-hybridized carbons (Fsp3) is 0.429. The second-order valence-corrected chi connectivity index (χ2v) is 4.77. The van der Waals surface area contributed by atoms with Crippen LogP contribution in [0.5, 0.6) is 0 Å². The molecule has 0 aliphatic heterocycles. The number of anilines is 1. The third-order valence-corrected chi connectivity index (χ3v) is 2.97. The van der Waals surface area contributed by atoms with E-state index in [2.05, 4.69) is 16.0 Å². The highest BCUT2D eigenvalue weighted by Crippen LogP contribution is 2.30. The molecule has 0 spiro atoms. The van der Waals surface area contributed by atoms with Crippen molar-refractivity contribution in [1.29, 1.82) is 0 Å². The van der Waals surface area contributed by atoms with E-state index in [1.54, 1.807) is 7.05 Å². The Balaban J connectivity index is 1.87. The highest BCUT2D eigenvalue weighted by Gasteiger charge is 2.29. The summed E-state index contributed by atoms with van der Waals surface area (Å²) in [6.45, 7) is 0.770. The number of hydrogen-bond acceptors (Lipinski definition) is 3. The summed E-state index contributed by atoms with van der Waals surface area (Å²) in [5, 5.41) is 8.49. The molecule has 0 unspecified atom stereocenters. The van der Waals surface area contributed by atoms with Gasteiger partial charge in [0.05, 0.1) is 6.54 Å². The molecule has 1 aromatic rings. The summed E-state index contributed by atoms with van der Waals surface area (Å²) in [7, 11) is 1.73. The van der Waals surface area contributed by atoms with Crippen LogP contribution in [0, 0.1) is 5.92 Å². The van der Waals surface area contributed by atoms with Crippen molar-refractivity contribution in [3.05, 3.63) is 29.8 Å². The Labute approximate surface area is 112 Å². The van der Waals surface area contributed by atoms with Gasteiger partial charge in [-0.3, -0.25) is 9.59 Å². The van der Waals surface area contributed by atoms with Gasteiger partial charge in [0, 0.05) is 18.2 Å². The summed E-state index contributed by atoms with van der Waals surface area (Å²) < 4.78 is 0. The van der Waals surface area contributed by atoms with Crippen molar-refractivity contribution in [2.75, 3.05) is 18.9 Å². The molecule has 0 saturated heterocycles. The zero-order valence-corrected chi connectivity index (χ0v) is 11.0. The Morgan fingerprint density at radius 1 is 1.32 bits per heavy atom. The smallest absolute Gasteiger partial charge is 0.234 e. The first-order chi connectivity index (χ1) is 9.19. The number of hydrogen-bond donors (Lipinski definition) is 3. The first kappa shape index (κ1) is 13.5. The second kappa shape index (κ2) is 6.33. The lowest BCUT2D eigenvalue weighted by molar-refractivity contribution is -0.120. The summed E-state index contributed by atoms with van der Waals surface area (Å²) in [6, 6.07) is 7.55. The molecule has 1 saturated carbocycles. The van der Waals surface area contributed by atoms with E-state index in [1.807, 2.05) is 24.3 Å². The maximum absolute atomic E-state index is 11.6. The Hall–Kier alpha value is -1.88. The fourth-order valence-electron chi connectivity index (χ4n) is 1.77. The van der Waals surface area contributed by atoms with E-state index in [0.717, 1.165) is 24.1 Å². The minimum atomic E-state index is -0.0464. The average Bonchev–Trinajstić information content (AvgIpc) is 3.21. The number of rotatable bonds is 6. The van der Waals surface area contributed by atoms with Gasteiger partial charge >= 0.3 is 0 Å². The van der Waals surface area contributed by atoms with Crippen LogP contribution < -0.4 is 16.0 Å². The molecule has 5 nitrogen and oxygen atoms in total. The summed E-state index contributed by atoms with van der Waals surface area (Å²) in [5.41, 5.74) is 1.76. The molecule has 0 heterocycles. The third-order valence-electron chi connectivity index (χ3n) is 2.97. The van der Waals surface area contributed by atoms with Crippen molar-refractivity contribution in [1.82, 2.24) is 10.6 Å². The van der Waals surface area contributed by atoms with Crippen LogP contribution in [-0.4, -0.2) is 25.4 Å². The van der Waals surface area contributed by atoms with Gasteiger partial charge in [-0.2, -0.15) is 0 Å². The van der Waals surface area contributed by atoms with Crippen LogP contribution in [0.3, 0.4) is 0 Å². The maximum Gasteiger partial charge on any atom is 0.234 e. The minimum Gasteiger partial charge on any atom is -0.351 e. The number of nitrogens with one attached hydrogen (secondary N) is 3. The molecule has 0 atom stereocenters. The quantitative estimate of drug-likeness (QED) is 0.711. The molecule has 0 radical (unpaired) electrons. The molecule has 102 valence electrons. The van der Waals surface area contributed by atoms with Gasteiger partial charge in [0.1, 0.15) is 0 Å². The normalized spacial score (nSPS) is 13.9. The standard InChI is InChI=1S/C14H19N3O2/c1-15-9-13(18)16-8-10-3-2-4-12(7-10)17-14(19)11-5-6-11/h2-4,7,11,15H,5-6,8-9H2,1H3,(H,16,18)(H,17,19). The average molecular weight is 261 g/mol. The third kappa shape index (κ3) is 4.37. The Kier molecular flexibility index (Phi) is 4.52. The van der Waals surface area contributed by atoms with E-state index >= 15 is 0 Å². The SMILES string of the molecule is CNCC(=O)NCc1cccc(NC(=O)C2CC2)c1. The first-order valence-corrected chi connectivity index (χ1v) is 6.50. The van der Waals surface area contributed by atoms with Gasteiger partial charge in [-0.05, 0) is 37.6 Å². The Bertz CT molecular complexity index is 470. The van der Waals surface area contributed by atoms with E-state index in [-0.39, 0.29) is 17.7 Å². The number of carbonyl (C=O) groups is 2. The molecule has 0 aromatic heterocycles. The maximum atomic E-state index is 11.6. The van der Waals surface area contributed by atoms with Crippen LogP contribution in [0.25, 0.3) is 0 Å². The molecule has 1 aliphatic carbocycles. The monoisotopic (exact) mass is 261 g/mol. The van der Waals surface area contributed by atoms with E-state index in [1.165, 1.54) is 0 Å². The minimum absolute atomic E-state index is 0.0464. The number of benzene rings is 1. The van der Waals surface area contributed by atoms with Crippen molar-refractivity contribution in [3.63, 3.8) is 0 Å². The lowest BCUT2D eigenvalue weighted by atomic mass is 10.2. The van der Waals surface area contributed by atoms with Crippen LogP contribution in [-0.2, 0) is 16.1 Å².